The van der Waals surface area contributed by atoms with Crippen molar-refractivity contribution in [3.05, 3.63) is 0 Å². The van der Waals surface area contributed by atoms with Crippen LogP contribution in [0.2, 0.25) is 0 Å². The lowest BCUT2D eigenvalue weighted by Gasteiger charge is -2.04. The summed E-state index contributed by atoms with van der Waals surface area (Å²) in [5.74, 6) is 0. The van der Waals surface area contributed by atoms with E-state index in [0.29, 0.717) is 0 Å². The van der Waals surface area contributed by atoms with Crippen LogP contribution in [0.4, 0.5) is 0 Å². The first-order chi connectivity index (χ1) is 5.43. The summed E-state index contributed by atoms with van der Waals surface area (Å²) in [5.41, 5.74) is 0. The third-order valence-electron chi connectivity index (χ3n) is 1.86. The highest BCUT2D eigenvalue weighted by atomic mass is 15.0. The van der Waals surface area contributed by atoms with Gasteiger partial charge in [-0.1, -0.05) is 0 Å². The second-order valence-electron chi connectivity index (χ2n) is 3.08. The third-order valence-corrected chi connectivity index (χ3v) is 1.86. The van der Waals surface area contributed by atoms with Crippen LogP contribution < -0.4 is 16.0 Å². The van der Waals surface area contributed by atoms with Gasteiger partial charge in [0.05, 0.1) is 0 Å². The van der Waals surface area contributed by atoms with Gasteiger partial charge in [-0.05, 0) is 19.9 Å². The van der Waals surface area contributed by atoms with Crippen molar-refractivity contribution < 1.29 is 0 Å². The second-order valence-corrected chi connectivity index (χ2v) is 3.08. The fourth-order valence-corrected chi connectivity index (χ4v) is 0.991. The molecular formula is C8H19N3. The van der Waals surface area contributed by atoms with E-state index >= 15 is 0 Å². The molecule has 0 aromatic heterocycles. The van der Waals surface area contributed by atoms with Crippen LogP contribution in [0.3, 0.4) is 0 Å². The monoisotopic (exact) mass is 157 g/mol. The summed E-state index contributed by atoms with van der Waals surface area (Å²) in [6.07, 6.45) is 2.77. The molecule has 1 aliphatic carbocycles. The summed E-state index contributed by atoms with van der Waals surface area (Å²) in [7, 11) is 1.98. The standard InChI is InChI=1S/C8H19N3/c1-9-4-5-10-6-7-11-8-2-3-8/h8-11H,2-7H2,1H3. The van der Waals surface area contributed by atoms with Crippen molar-refractivity contribution >= 4 is 0 Å². The molecule has 0 amide bonds. The van der Waals surface area contributed by atoms with Gasteiger partial charge < -0.3 is 16.0 Å². The van der Waals surface area contributed by atoms with Gasteiger partial charge in [-0.2, -0.15) is 0 Å². The number of hydrogen-bond acceptors (Lipinski definition) is 3. The van der Waals surface area contributed by atoms with E-state index in [4.69, 9.17) is 0 Å². The third kappa shape index (κ3) is 5.18. The number of likely N-dealkylation sites (N-methyl/N-ethyl adjacent to an activating group) is 1. The molecule has 3 N–H and O–H groups in total. The molecule has 1 fully saturated rings. The molecule has 0 heterocycles. The molecule has 0 aromatic carbocycles. The lowest BCUT2D eigenvalue weighted by atomic mass is 10.5. The molecule has 3 nitrogen and oxygen atoms in total. The Bertz CT molecular complexity index is 91.3. The van der Waals surface area contributed by atoms with Crippen LogP contribution in [-0.4, -0.2) is 39.3 Å². The van der Waals surface area contributed by atoms with Gasteiger partial charge in [0.25, 0.3) is 0 Å². The van der Waals surface area contributed by atoms with Crippen LogP contribution in [0.25, 0.3) is 0 Å². The summed E-state index contributed by atoms with van der Waals surface area (Å²) in [6.45, 7) is 4.35. The highest BCUT2D eigenvalue weighted by Gasteiger charge is 2.19. The Morgan fingerprint density at radius 3 is 2.45 bits per heavy atom. The lowest BCUT2D eigenvalue weighted by Crippen LogP contribution is -2.32. The predicted octanol–water partition coefficient (Wildman–Crippen LogP) is -0.453. The SMILES string of the molecule is CNCCNCCNC1CC1. The Kier molecular flexibility index (Phi) is 4.50. The van der Waals surface area contributed by atoms with Crippen molar-refractivity contribution in [3.63, 3.8) is 0 Å². The van der Waals surface area contributed by atoms with Crippen molar-refractivity contribution in [2.75, 3.05) is 33.2 Å². The van der Waals surface area contributed by atoms with E-state index in [-0.39, 0.29) is 0 Å². The molecule has 1 saturated carbocycles. The molecule has 0 bridgehead atoms. The van der Waals surface area contributed by atoms with Gasteiger partial charge in [0, 0.05) is 32.2 Å². The zero-order valence-electron chi connectivity index (χ0n) is 7.32. The average Bonchev–Trinajstić information content (AvgIpc) is 2.80. The molecule has 11 heavy (non-hydrogen) atoms. The smallest absolute Gasteiger partial charge is 0.00793 e. The highest BCUT2D eigenvalue weighted by Crippen LogP contribution is 2.17. The van der Waals surface area contributed by atoms with Crippen LogP contribution in [-0.2, 0) is 0 Å². The molecule has 0 saturated heterocycles. The topological polar surface area (TPSA) is 36.1 Å². The van der Waals surface area contributed by atoms with Gasteiger partial charge in [-0.25, -0.2) is 0 Å². The Morgan fingerprint density at radius 2 is 1.82 bits per heavy atom. The van der Waals surface area contributed by atoms with Crippen molar-refractivity contribution in [1.29, 1.82) is 0 Å². The first kappa shape index (κ1) is 8.97. The quantitative estimate of drug-likeness (QED) is 0.438. The summed E-state index contributed by atoms with van der Waals surface area (Å²) in [4.78, 5) is 0. The zero-order chi connectivity index (χ0) is 7.94. The maximum absolute atomic E-state index is 3.45. The van der Waals surface area contributed by atoms with Crippen LogP contribution in [0.15, 0.2) is 0 Å². The van der Waals surface area contributed by atoms with Crippen LogP contribution in [0, 0.1) is 0 Å². The lowest BCUT2D eigenvalue weighted by molar-refractivity contribution is 0.597. The summed E-state index contributed by atoms with van der Waals surface area (Å²) >= 11 is 0. The molecule has 0 spiro atoms. The van der Waals surface area contributed by atoms with E-state index in [1.54, 1.807) is 0 Å². The van der Waals surface area contributed by atoms with Gasteiger partial charge in [0.2, 0.25) is 0 Å². The molecule has 0 aliphatic heterocycles. The molecule has 0 unspecified atom stereocenters. The van der Waals surface area contributed by atoms with Crippen LogP contribution >= 0.6 is 0 Å². The Labute approximate surface area is 68.9 Å². The number of hydrogen-bond donors (Lipinski definition) is 3. The van der Waals surface area contributed by atoms with E-state index in [9.17, 15) is 0 Å². The Balaban J connectivity index is 1.66. The molecule has 3 heteroatoms. The number of rotatable bonds is 7. The molecule has 0 radical (unpaired) electrons. The molecule has 0 aromatic rings. The minimum absolute atomic E-state index is 0.848. The van der Waals surface area contributed by atoms with E-state index in [1.165, 1.54) is 12.8 Å². The maximum Gasteiger partial charge on any atom is 0.00793 e. The van der Waals surface area contributed by atoms with Gasteiger partial charge in [-0.3, -0.25) is 0 Å². The summed E-state index contributed by atoms with van der Waals surface area (Å²) in [6, 6.07) is 0.848. The maximum atomic E-state index is 3.45. The Hall–Kier alpha value is -0.120. The second kappa shape index (κ2) is 5.52. The van der Waals surface area contributed by atoms with E-state index in [1.807, 2.05) is 7.05 Å². The van der Waals surface area contributed by atoms with E-state index in [0.717, 1.165) is 32.2 Å². The minimum atomic E-state index is 0.848. The van der Waals surface area contributed by atoms with Crippen molar-refractivity contribution in [2.45, 2.75) is 18.9 Å². The highest BCUT2D eigenvalue weighted by molar-refractivity contribution is 4.80. The molecular weight excluding hydrogens is 138 g/mol. The van der Waals surface area contributed by atoms with Crippen molar-refractivity contribution in [2.24, 2.45) is 0 Å². The van der Waals surface area contributed by atoms with Crippen molar-refractivity contribution in [1.82, 2.24) is 16.0 Å². The molecule has 1 rings (SSSR count). The summed E-state index contributed by atoms with van der Waals surface area (Å²) < 4.78 is 0. The zero-order valence-corrected chi connectivity index (χ0v) is 7.32. The van der Waals surface area contributed by atoms with Gasteiger partial charge in [0.1, 0.15) is 0 Å². The van der Waals surface area contributed by atoms with E-state index in [2.05, 4.69) is 16.0 Å². The largest absolute Gasteiger partial charge is 0.318 e. The van der Waals surface area contributed by atoms with Gasteiger partial charge in [-0.15, -0.1) is 0 Å². The van der Waals surface area contributed by atoms with Crippen LogP contribution in [0.1, 0.15) is 12.8 Å². The predicted molar refractivity (Wildman–Crippen MR) is 47.8 cm³/mol. The van der Waals surface area contributed by atoms with Gasteiger partial charge >= 0.3 is 0 Å². The molecule has 66 valence electrons. The van der Waals surface area contributed by atoms with Crippen molar-refractivity contribution in [3.8, 4) is 0 Å². The Morgan fingerprint density at radius 1 is 1.09 bits per heavy atom. The summed E-state index contributed by atoms with van der Waals surface area (Å²) in [5, 5.41) is 9.89. The molecule has 1 aliphatic rings. The first-order valence-electron chi connectivity index (χ1n) is 4.52. The van der Waals surface area contributed by atoms with E-state index < -0.39 is 0 Å². The number of nitrogens with one attached hydrogen (secondary N) is 3. The fraction of sp³-hybridized carbons (Fsp3) is 1.00. The fourth-order valence-electron chi connectivity index (χ4n) is 0.991. The van der Waals surface area contributed by atoms with Crippen LogP contribution in [0.5, 0.6) is 0 Å². The van der Waals surface area contributed by atoms with Gasteiger partial charge in [0.15, 0.2) is 0 Å². The molecule has 0 atom stereocenters. The first-order valence-corrected chi connectivity index (χ1v) is 4.52. The minimum Gasteiger partial charge on any atom is -0.318 e. The average molecular weight is 157 g/mol. The normalized spacial score (nSPS) is 17.2.